The summed E-state index contributed by atoms with van der Waals surface area (Å²) in [6.45, 7) is 7.92. The summed E-state index contributed by atoms with van der Waals surface area (Å²) in [6.07, 6.45) is 1.89. The van der Waals surface area contributed by atoms with Crippen LogP contribution in [-0.2, 0) is 27.2 Å². The molecule has 8 nitrogen and oxygen atoms in total. The molecule has 0 bridgehead atoms. The van der Waals surface area contributed by atoms with Crippen molar-refractivity contribution in [1.29, 1.82) is 0 Å². The van der Waals surface area contributed by atoms with Crippen LogP contribution in [0, 0.1) is 33.8 Å². The van der Waals surface area contributed by atoms with Gasteiger partial charge in [-0.2, -0.15) is 5.10 Å². The van der Waals surface area contributed by atoms with E-state index < -0.39 is 11.2 Å². The molecule has 0 aliphatic rings. The third kappa shape index (κ3) is 6.41. The third-order valence-corrected chi connectivity index (χ3v) is 4.15. The summed E-state index contributed by atoms with van der Waals surface area (Å²) in [4.78, 5) is 36.2. The van der Waals surface area contributed by atoms with Crippen molar-refractivity contribution >= 4 is 0 Å². The van der Waals surface area contributed by atoms with Crippen molar-refractivity contribution in [1.82, 2.24) is 29.7 Å². The van der Waals surface area contributed by atoms with Crippen LogP contribution in [0.2, 0.25) is 0 Å². The van der Waals surface area contributed by atoms with Crippen LogP contribution in [0.3, 0.4) is 0 Å². The van der Waals surface area contributed by atoms with E-state index in [2.05, 4.69) is 58.2 Å². The average molecular weight is 595 g/mol. The Kier molecular flexibility index (Phi) is 7.96. The molecule has 4 rings (SSSR count). The second-order valence-corrected chi connectivity index (χ2v) is 7.02. The fraction of sp³-hybridized carbons (Fsp3) is 0.227. The molecule has 0 aliphatic heterocycles. The number of H-pyrrole nitrogens is 1. The molecule has 1 radical (unpaired) electrons. The molecule has 0 atom stereocenters. The molecule has 1 N–H and O–H groups in total. The van der Waals surface area contributed by atoms with Gasteiger partial charge >= 0.3 is 0 Å². The van der Waals surface area contributed by atoms with Gasteiger partial charge in [0.1, 0.15) is 5.82 Å². The monoisotopic (exact) mass is 595 g/mol. The molecule has 0 unspecified atom stereocenters. The number of hydrogen-bond donors (Lipinski definition) is 1. The summed E-state index contributed by atoms with van der Waals surface area (Å²) in [5.41, 5.74) is 4.72. The van der Waals surface area contributed by atoms with Gasteiger partial charge in [-0.05, 0) is 31.2 Å². The van der Waals surface area contributed by atoms with Crippen LogP contribution in [0.4, 0.5) is 0 Å². The number of rotatable bonds is 2. The van der Waals surface area contributed by atoms with Crippen molar-refractivity contribution < 1.29 is 20.1 Å². The number of nitrogens with one attached hydrogen (secondary N) is 1. The molecule has 0 aliphatic carbocycles. The van der Waals surface area contributed by atoms with Crippen LogP contribution in [-0.4, -0.2) is 24.7 Å². The van der Waals surface area contributed by atoms with E-state index in [1.54, 1.807) is 14.0 Å². The number of pyridine rings is 1. The average Bonchev–Trinajstić information content (AvgIpc) is 2.99. The Morgan fingerprint density at radius 3 is 2.32 bits per heavy atom. The SMILES string of the molecule is Cc1[c-]c(-c2ccc(C)cn2)cc(C)c1.Cc1nc(-c2cc(=O)[nH]c(=O)[n-]2)n(C)n1.[Ir]. The van der Waals surface area contributed by atoms with Crippen LogP contribution in [0.25, 0.3) is 22.8 Å². The fourth-order valence-corrected chi connectivity index (χ4v) is 2.95. The summed E-state index contributed by atoms with van der Waals surface area (Å²) < 4.78 is 1.47. The third-order valence-electron chi connectivity index (χ3n) is 4.15. The van der Waals surface area contributed by atoms with Crippen molar-refractivity contribution in [2.24, 2.45) is 7.05 Å². The molecule has 4 aromatic rings. The first kappa shape index (κ1) is 24.1. The minimum atomic E-state index is -0.682. The number of aryl methyl sites for hydroxylation is 5. The molecule has 31 heavy (non-hydrogen) atoms. The Bertz CT molecular complexity index is 1240. The van der Waals surface area contributed by atoms with Crippen molar-refractivity contribution in [2.45, 2.75) is 27.7 Å². The van der Waals surface area contributed by atoms with Gasteiger partial charge in [-0.3, -0.25) is 9.59 Å². The second-order valence-electron chi connectivity index (χ2n) is 7.02. The molecule has 3 heterocycles. The molecule has 1 aromatic carbocycles. The maximum atomic E-state index is 11.0. The largest absolute Gasteiger partial charge is 0.397 e. The Balaban J connectivity index is 0.000000213. The maximum absolute atomic E-state index is 11.0. The number of aromatic amines is 1. The normalized spacial score (nSPS) is 10.1. The van der Waals surface area contributed by atoms with E-state index in [-0.39, 0.29) is 25.8 Å². The first-order chi connectivity index (χ1) is 14.2. The zero-order chi connectivity index (χ0) is 21.8. The molecule has 9 heteroatoms. The molecule has 163 valence electrons. The quantitative estimate of drug-likeness (QED) is 0.357. The predicted molar refractivity (Wildman–Crippen MR) is 114 cm³/mol. The van der Waals surface area contributed by atoms with Crippen molar-refractivity contribution in [3.63, 3.8) is 0 Å². The minimum absolute atomic E-state index is 0. The summed E-state index contributed by atoms with van der Waals surface area (Å²) in [7, 11) is 1.67. The molecule has 0 saturated carbocycles. The first-order valence-corrected chi connectivity index (χ1v) is 9.31. The zero-order valence-corrected chi connectivity index (χ0v) is 20.2. The van der Waals surface area contributed by atoms with Crippen LogP contribution in [0.5, 0.6) is 0 Å². The topological polar surface area (TPSA) is 108 Å². The van der Waals surface area contributed by atoms with Gasteiger partial charge in [0, 0.05) is 39.0 Å². The number of nitrogens with zero attached hydrogens (tertiary/aromatic N) is 5. The van der Waals surface area contributed by atoms with E-state index >= 15 is 0 Å². The predicted octanol–water partition coefficient (Wildman–Crippen LogP) is 2.27. The number of benzene rings is 1. The van der Waals surface area contributed by atoms with E-state index in [1.807, 2.05) is 24.2 Å². The Morgan fingerprint density at radius 2 is 1.77 bits per heavy atom. The van der Waals surface area contributed by atoms with E-state index in [9.17, 15) is 9.59 Å². The zero-order valence-electron chi connectivity index (χ0n) is 17.8. The molecule has 0 fully saturated rings. The number of hydrogen-bond acceptors (Lipinski definition) is 5. The first-order valence-electron chi connectivity index (χ1n) is 9.31. The molecular weight excluding hydrogens is 572 g/mol. The van der Waals surface area contributed by atoms with Crippen molar-refractivity contribution in [2.75, 3.05) is 0 Å². The molecule has 0 saturated heterocycles. The maximum Gasteiger partial charge on any atom is 0.171 e. The minimum Gasteiger partial charge on any atom is -0.397 e. The van der Waals surface area contributed by atoms with Gasteiger partial charge in [0.15, 0.2) is 17.1 Å². The van der Waals surface area contributed by atoms with E-state index in [4.69, 9.17) is 0 Å². The Labute approximate surface area is 193 Å². The van der Waals surface area contributed by atoms with Gasteiger partial charge in [-0.15, -0.1) is 34.9 Å². The molecule has 3 aromatic heterocycles. The second kappa shape index (κ2) is 10.2. The van der Waals surface area contributed by atoms with Crippen LogP contribution < -0.4 is 16.2 Å². The van der Waals surface area contributed by atoms with Gasteiger partial charge in [-0.1, -0.05) is 26.0 Å². The van der Waals surface area contributed by atoms with Gasteiger partial charge in [0.25, 0.3) is 0 Å². The fourth-order valence-electron chi connectivity index (χ4n) is 2.95. The van der Waals surface area contributed by atoms with Crippen molar-refractivity contribution in [3.8, 4) is 22.8 Å². The molecule has 0 spiro atoms. The smallest absolute Gasteiger partial charge is 0.171 e. The molecule has 0 amide bonds. The summed E-state index contributed by atoms with van der Waals surface area (Å²) in [6, 6.07) is 12.9. The van der Waals surface area contributed by atoms with E-state index in [0.717, 1.165) is 16.8 Å². The van der Waals surface area contributed by atoms with Crippen LogP contribution in [0.15, 0.2) is 46.1 Å². The van der Waals surface area contributed by atoms with E-state index in [0.29, 0.717) is 11.6 Å². The summed E-state index contributed by atoms with van der Waals surface area (Å²) in [5.74, 6) is 0.956. The van der Waals surface area contributed by atoms with Gasteiger partial charge < -0.3 is 15.0 Å². The molecular formula is C22H22IrN6O2-2. The Morgan fingerprint density at radius 1 is 1.03 bits per heavy atom. The van der Waals surface area contributed by atoms with Gasteiger partial charge in [-0.25, -0.2) is 9.67 Å². The standard InChI is InChI=1S/C14H14N.C8H9N5O2.Ir/c1-10-4-5-14(15-9-10)13-7-11(2)6-12(3)8-13;1-4-9-7(13(2)12-4)5-3-6(14)11-8(15)10-5;/h4-7,9H,1-3H3;3H,1-2H3,(H2,10,11,14,15);/q-1;;/p-1. The Hall–Kier alpha value is -3.16. The van der Waals surface area contributed by atoms with Gasteiger partial charge in [0.2, 0.25) is 0 Å². The summed E-state index contributed by atoms with van der Waals surface area (Å²) >= 11 is 0. The van der Waals surface area contributed by atoms with Crippen LogP contribution in [0.1, 0.15) is 22.5 Å². The van der Waals surface area contributed by atoms with Gasteiger partial charge in [0.05, 0.1) is 0 Å². The van der Waals surface area contributed by atoms with E-state index in [1.165, 1.54) is 21.9 Å². The van der Waals surface area contributed by atoms with Crippen LogP contribution >= 0.6 is 0 Å². The summed E-state index contributed by atoms with van der Waals surface area (Å²) in [5, 5.41) is 4.00. The van der Waals surface area contributed by atoms with Crippen molar-refractivity contribution in [3.05, 3.63) is 85.9 Å². The number of aromatic nitrogens is 6.